The monoisotopic (exact) mass is 396 g/mol. The summed E-state index contributed by atoms with van der Waals surface area (Å²) in [6.07, 6.45) is 2.28. The number of fused-ring (bicyclic) bond motifs is 1. The summed E-state index contributed by atoms with van der Waals surface area (Å²) < 4.78 is 29.2. The van der Waals surface area contributed by atoms with Crippen molar-refractivity contribution in [1.29, 1.82) is 0 Å². The molecular weight excluding hydrogens is 375 g/mol. The molecule has 0 atom stereocenters. The molecule has 29 heavy (non-hydrogen) atoms. The summed E-state index contributed by atoms with van der Waals surface area (Å²) in [5.41, 5.74) is 2.62. The second-order valence-corrected chi connectivity index (χ2v) is 6.44. The normalized spacial score (nSPS) is 12.8. The molecule has 0 radical (unpaired) electrons. The Bertz CT molecular complexity index is 1000. The van der Waals surface area contributed by atoms with Crippen LogP contribution in [-0.4, -0.2) is 31.3 Å². The molecule has 0 aliphatic carbocycles. The van der Waals surface area contributed by atoms with Crippen molar-refractivity contribution >= 4 is 5.96 Å². The van der Waals surface area contributed by atoms with Crippen molar-refractivity contribution in [2.45, 2.75) is 13.0 Å². The van der Waals surface area contributed by atoms with Gasteiger partial charge in [-0.2, -0.15) is 0 Å². The minimum absolute atomic E-state index is 0.264. The van der Waals surface area contributed by atoms with Crippen LogP contribution in [0.1, 0.15) is 11.3 Å². The van der Waals surface area contributed by atoms with Gasteiger partial charge in [0, 0.05) is 32.1 Å². The minimum atomic E-state index is -0.288. The smallest absolute Gasteiger partial charge is 0.231 e. The van der Waals surface area contributed by atoms with E-state index in [2.05, 4.69) is 20.6 Å². The molecule has 2 aromatic carbocycles. The summed E-state index contributed by atoms with van der Waals surface area (Å²) >= 11 is 0. The molecule has 1 aliphatic rings. The predicted octanol–water partition coefficient (Wildman–Crippen LogP) is 3.12. The molecule has 0 spiro atoms. The molecule has 4 rings (SSSR count). The third kappa shape index (κ3) is 4.66. The van der Waals surface area contributed by atoms with Gasteiger partial charge in [0.2, 0.25) is 12.7 Å². The number of rotatable bonds is 6. The summed E-state index contributed by atoms with van der Waals surface area (Å²) in [5, 5.41) is 6.51. The first-order valence-corrected chi connectivity index (χ1v) is 9.24. The number of aromatic nitrogens is 1. The predicted molar refractivity (Wildman–Crippen MR) is 106 cm³/mol. The third-order valence-corrected chi connectivity index (χ3v) is 4.44. The number of nitrogens with zero attached hydrogens (tertiary/aromatic N) is 2. The van der Waals surface area contributed by atoms with Crippen molar-refractivity contribution in [2.24, 2.45) is 4.99 Å². The Morgan fingerprint density at radius 1 is 1.10 bits per heavy atom. The zero-order valence-electron chi connectivity index (χ0n) is 15.9. The molecule has 3 aromatic rings. The zero-order chi connectivity index (χ0) is 20.1. The van der Waals surface area contributed by atoms with E-state index in [0.29, 0.717) is 31.4 Å². The van der Waals surface area contributed by atoms with E-state index in [1.165, 1.54) is 12.1 Å². The summed E-state index contributed by atoms with van der Waals surface area (Å²) in [6, 6.07) is 11.9. The maximum absolute atomic E-state index is 13.0. The van der Waals surface area contributed by atoms with E-state index in [0.717, 1.165) is 28.3 Å². The molecule has 0 saturated carbocycles. The largest absolute Gasteiger partial charge is 0.454 e. The number of hydrogen-bond donors (Lipinski definition) is 2. The molecule has 0 amide bonds. The molecule has 0 fully saturated rings. The zero-order valence-corrected chi connectivity index (χ0v) is 15.9. The number of hydrogen-bond acceptors (Lipinski definition) is 5. The lowest BCUT2D eigenvalue weighted by Crippen LogP contribution is -2.37. The van der Waals surface area contributed by atoms with Gasteiger partial charge in [0.1, 0.15) is 12.1 Å². The minimum Gasteiger partial charge on any atom is -0.454 e. The topological polar surface area (TPSA) is 80.9 Å². The highest BCUT2D eigenvalue weighted by Gasteiger charge is 2.13. The van der Waals surface area contributed by atoms with Gasteiger partial charge in [-0.15, -0.1) is 0 Å². The fraction of sp³-hybridized carbons (Fsp3) is 0.238. The van der Waals surface area contributed by atoms with Crippen LogP contribution in [0.15, 0.2) is 58.1 Å². The quantitative estimate of drug-likeness (QED) is 0.492. The van der Waals surface area contributed by atoms with Gasteiger partial charge < -0.3 is 24.5 Å². The van der Waals surface area contributed by atoms with E-state index in [1.54, 1.807) is 25.4 Å². The second-order valence-electron chi connectivity index (χ2n) is 6.44. The van der Waals surface area contributed by atoms with Crippen molar-refractivity contribution in [1.82, 2.24) is 15.6 Å². The molecule has 1 aliphatic heterocycles. The SMILES string of the molecule is CN=C(NCCc1coc(-c2ccc(F)cc2)n1)NCc1ccc2c(c1)OCO2. The van der Waals surface area contributed by atoms with Crippen LogP contribution in [0.4, 0.5) is 4.39 Å². The average molecular weight is 396 g/mol. The number of guanidine groups is 1. The van der Waals surface area contributed by atoms with Gasteiger partial charge >= 0.3 is 0 Å². The molecule has 0 saturated heterocycles. The second kappa shape index (κ2) is 8.64. The van der Waals surface area contributed by atoms with Crippen LogP contribution in [0, 0.1) is 5.82 Å². The third-order valence-electron chi connectivity index (χ3n) is 4.44. The number of nitrogens with one attached hydrogen (secondary N) is 2. The van der Waals surface area contributed by atoms with E-state index in [-0.39, 0.29) is 12.6 Å². The fourth-order valence-electron chi connectivity index (χ4n) is 2.91. The summed E-state index contributed by atoms with van der Waals surface area (Å²) in [7, 11) is 1.72. The van der Waals surface area contributed by atoms with Gasteiger partial charge in [0.05, 0.1) is 5.69 Å². The van der Waals surface area contributed by atoms with Crippen LogP contribution < -0.4 is 20.1 Å². The van der Waals surface area contributed by atoms with Crippen molar-refractivity contribution in [3.05, 3.63) is 65.8 Å². The van der Waals surface area contributed by atoms with Gasteiger partial charge in [-0.1, -0.05) is 6.07 Å². The molecule has 150 valence electrons. The fourth-order valence-corrected chi connectivity index (χ4v) is 2.91. The van der Waals surface area contributed by atoms with E-state index >= 15 is 0 Å². The van der Waals surface area contributed by atoms with Crippen LogP contribution >= 0.6 is 0 Å². The Hall–Kier alpha value is -3.55. The molecule has 8 heteroatoms. The van der Waals surface area contributed by atoms with Crippen LogP contribution in [-0.2, 0) is 13.0 Å². The molecule has 2 heterocycles. The van der Waals surface area contributed by atoms with Crippen molar-refractivity contribution in [2.75, 3.05) is 20.4 Å². The summed E-state index contributed by atoms with van der Waals surface area (Å²) in [4.78, 5) is 8.67. The average Bonchev–Trinajstić information content (AvgIpc) is 3.40. The molecule has 1 aromatic heterocycles. The van der Waals surface area contributed by atoms with Crippen molar-refractivity contribution in [3.8, 4) is 23.0 Å². The summed E-state index contributed by atoms with van der Waals surface area (Å²) in [5.74, 6) is 2.40. The first-order chi connectivity index (χ1) is 14.2. The maximum atomic E-state index is 13.0. The molecule has 0 bridgehead atoms. The van der Waals surface area contributed by atoms with Gasteiger partial charge in [0.25, 0.3) is 0 Å². The highest BCUT2D eigenvalue weighted by atomic mass is 19.1. The number of halogens is 1. The van der Waals surface area contributed by atoms with Crippen LogP contribution in [0.3, 0.4) is 0 Å². The Morgan fingerprint density at radius 3 is 2.76 bits per heavy atom. The standard InChI is InChI=1S/C21H21FN4O3/c1-23-21(25-11-14-2-7-18-19(10-14)29-13-28-18)24-9-8-17-12-27-20(26-17)15-3-5-16(22)6-4-15/h2-7,10,12H,8-9,11,13H2,1H3,(H2,23,24,25). The Morgan fingerprint density at radius 2 is 1.93 bits per heavy atom. The lowest BCUT2D eigenvalue weighted by atomic mass is 10.2. The molecule has 7 nitrogen and oxygen atoms in total. The molecular formula is C21H21FN4O3. The van der Waals surface area contributed by atoms with Gasteiger partial charge in [-0.05, 0) is 42.0 Å². The number of oxazole rings is 1. The first-order valence-electron chi connectivity index (χ1n) is 9.24. The number of benzene rings is 2. The Kier molecular flexibility index (Phi) is 5.60. The van der Waals surface area contributed by atoms with Crippen molar-refractivity contribution < 1.29 is 18.3 Å². The van der Waals surface area contributed by atoms with Crippen LogP contribution in [0.5, 0.6) is 11.5 Å². The molecule has 0 unspecified atom stereocenters. The van der Waals surface area contributed by atoms with E-state index in [4.69, 9.17) is 13.9 Å². The number of aliphatic imine (C=N–C) groups is 1. The van der Waals surface area contributed by atoms with Crippen molar-refractivity contribution in [3.63, 3.8) is 0 Å². The van der Waals surface area contributed by atoms with E-state index in [1.807, 2.05) is 18.2 Å². The highest BCUT2D eigenvalue weighted by Crippen LogP contribution is 2.32. The highest BCUT2D eigenvalue weighted by molar-refractivity contribution is 5.79. The van der Waals surface area contributed by atoms with Gasteiger partial charge in [-0.3, -0.25) is 4.99 Å². The lowest BCUT2D eigenvalue weighted by Gasteiger charge is -2.11. The lowest BCUT2D eigenvalue weighted by molar-refractivity contribution is 0.174. The van der Waals surface area contributed by atoms with Crippen LogP contribution in [0.25, 0.3) is 11.5 Å². The van der Waals surface area contributed by atoms with Gasteiger partial charge in [0.15, 0.2) is 17.5 Å². The van der Waals surface area contributed by atoms with E-state index < -0.39 is 0 Å². The van der Waals surface area contributed by atoms with E-state index in [9.17, 15) is 4.39 Å². The number of ether oxygens (including phenoxy) is 2. The first kappa shape index (κ1) is 18.8. The Balaban J connectivity index is 1.25. The Labute approximate surface area is 167 Å². The summed E-state index contributed by atoms with van der Waals surface area (Å²) in [6.45, 7) is 1.51. The maximum Gasteiger partial charge on any atom is 0.231 e. The van der Waals surface area contributed by atoms with Crippen LogP contribution in [0.2, 0.25) is 0 Å². The molecule has 2 N–H and O–H groups in total. The van der Waals surface area contributed by atoms with Gasteiger partial charge in [-0.25, -0.2) is 9.37 Å².